The molecule has 0 saturated heterocycles. The summed E-state index contributed by atoms with van der Waals surface area (Å²) in [6.45, 7) is 0.233. The number of hydrogen-bond donors (Lipinski definition) is 0. The van der Waals surface area contributed by atoms with E-state index in [1.807, 2.05) is 24.3 Å². The maximum absolute atomic E-state index is 11.6. The molecule has 6 nitrogen and oxygen atoms in total. The third kappa shape index (κ3) is 2.78. The van der Waals surface area contributed by atoms with E-state index < -0.39 is 18.2 Å². The monoisotopic (exact) mass is 304 g/mol. The Morgan fingerprint density at radius 1 is 1.23 bits per heavy atom. The first-order valence-corrected chi connectivity index (χ1v) is 6.78. The maximum atomic E-state index is 11.6. The minimum atomic E-state index is -0.553. The van der Waals surface area contributed by atoms with Crippen LogP contribution in [0.5, 0.6) is 11.5 Å². The van der Waals surface area contributed by atoms with Crippen LogP contribution >= 0.6 is 0 Å². The molecule has 6 heteroatoms. The van der Waals surface area contributed by atoms with Crippen molar-refractivity contribution in [1.29, 1.82) is 0 Å². The molecule has 2 aliphatic heterocycles. The van der Waals surface area contributed by atoms with Gasteiger partial charge >= 0.3 is 5.97 Å². The van der Waals surface area contributed by atoms with Crippen molar-refractivity contribution in [2.45, 2.75) is 12.2 Å². The lowest BCUT2D eigenvalue weighted by Crippen LogP contribution is -2.37. The Hall–Kier alpha value is -2.47. The van der Waals surface area contributed by atoms with Crippen molar-refractivity contribution in [1.82, 2.24) is 0 Å². The number of methoxy groups -OCH3 is 2. The summed E-state index contributed by atoms with van der Waals surface area (Å²) < 4.78 is 26.4. The maximum Gasteiger partial charge on any atom is 0.334 e. The summed E-state index contributed by atoms with van der Waals surface area (Å²) in [5, 5.41) is 0. The summed E-state index contributed by atoms with van der Waals surface area (Å²) in [6.07, 6.45) is 3.87. The predicted octanol–water partition coefficient (Wildman–Crippen LogP) is 1.90. The lowest BCUT2D eigenvalue weighted by Gasteiger charge is -2.28. The molecule has 116 valence electrons. The van der Waals surface area contributed by atoms with Gasteiger partial charge in [-0.05, 0) is 23.8 Å². The van der Waals surface area contributed by atoms with Gasteiger partial charge in [-0.2, -0.15) is 0 Å². The lowest BCUT2D eigenvalue weighted by atomic mass is 10.1. The third-order valence-electron chi connectivity index (χ3n) is 3.46. The van der Waals surface area contributed by atoms with Gasteiger partial charge in [-0.15, -0.1) is 0 Å². The molecule has 1 aromatic rings. The SMILES string of the molecule is COC1=CC(=O)OC(C=Cc2ccc3c(c2)OCO3)C1OC. The van der Waals surface area contributed by atoms with E-state index in [4.69, 9.17) is 23.7 Å². The molecule has 0 aliphatic carbocycles. The summed E-state index contributed by atoms with van der Waals surface area (Å²) in [7, 11) is 3.03. The molecule has 2 heterocycles. The highest BCUT2D eigenvalue weighted by Gasteiger charge is 2.32. The van der Waals surface area contributed by atoms with Crippen LogP contribution < -0.4 is 9.47 Å². The number of esters is 1. The van der Waals surface area contributed by atoms with Crippen LogP contribution in [0.3, 0.4) is 0 Å². The number of carbonyl (C=O) groups is 1. The van der Waals surface area contributed by atoms with E-state index >= 15 is 0 Å². The molecule has 22 heavy (non-hydrogen) atoms. The molecular formula is C16H16O6. The van der Waals surface area contributed by atoms with E-state index in [9.17, 15) is 4.79 Å². The molecule has 0 N–H and O–H groups in total. The number of fused-ring (bicyclic) bond motifs is 1. The van der Waals surface area contributed by atoms with Gasteiger partial charge in [0.2, 0.25) is 6.79 Å². The first kappa shape index (κ1) is 14.5. The normalized spacial score (nSPS) is 23.4. The fraction of sp³-hybridized carbons (Fsp3) is 0.312. The molecule has 3 rings (SSSR count). The van der Waals surface area contributed by atoms with Gasteiger partial charge in [-0.25, -0.2) is 4.79 Å². The quantitative estimate of drug-likeness (QED) is 0.792. The van der Waals surface area contributed by atoms with Crippen molar-refractivity contribution in [3.8, 4) is 11.5 Å². The predicted molar refractivity (Wildman–Crippen MR) is 77.4 cm³/mol. The van der Waals surface area contributed by atoms with Crippen LogP contribution in [0.15, 0.2) is 36.1 Å². The van der Waals surface area contributed by atoms with Gasteiger partial charge in [-0.1, -0.05) is 12.1 Å². The van der Waals surface area contributed by atoms with Crippen LogP contribution in [-0.4, -0.2) is 39.2 Å². The van der Waals surface area contributed by atoms with Crippen LogP contribution in [0.2, 0.25) is 0 Å². The van der Waals surface area contributed by atoms with E-state index in [2.05, 4.69) is 0 Å². The van der Waals surface area contributed by atoms with Gasteiger partial charge in [0.05, 0.1) is 13.2 Å². The summed E-state index contributed by atoms with van der Waals surface area (Å²) in [5.74, 6) is 1.41. The zero-order valence-electron chi connectivity index (χ0n) is 12.3. The Kier molecular flexibility index (Phi) is 4.02. The highest BCUT2D eigenvalue weighted by Crippen LogP contribution is 2.33. The van der Waals surface area contributed by atoms with Crippen molar-refractivity contribution in [2.75, 3.05) is 21.0 Å². The Morgan fingerprint density at radius 2 is 2.05 bits per heavy atom. The molecule has 2 unspecified atom stereocenters. The second kappa shape index (κ2) is 6.11. The second-order valence-corrected chi connectivity index (χ2v) is 4.78. The van der Waals surface area contributed by atoms with Crippen LogP contribution in [-0.2, 0) is 19.0 Å². The van der Waals surface area contributed by atoms with Gasteiger partial charge in [-0.3, -0.25) is 0 Å². The number of benzene rings is 1. The summed E-state index contributed by atoms with van der Waals surface area (Å²) in [6, 6.07) is 5.59. The smallest absolute Gasteiger partial charge is 0.334 e. The average molecular weight is 304 g/mol. The summed E-state index contributed by atoms with van der Waals surface area (Å²) >= 11 is 0. The Balaban J connectivity index is 1.79. The molecule has 0 aromatic heterocycles. The van der Waals surface area contributed by atoms with Crippen molar-refractivity contribution < 1.29 is 28.5 Å². The molecule has 0 radical (unpaired) electrons. The number of rotatable bonds is 4. The zero-order valence-corrected chi connectivity index (χ0v) is 12.3. The highest BCUT2D eigenvalue weighted by atomic mass is 16.7. The van der Waals surface area contributed by atoms with Crippen molar-refractivity contribution in [3.05, 3.63) is 41.7 Å². The van der Waals surface area contributed by atoms with Crippen molar-refractivity contribution in [2.24, 2.45) is 0 Å². The first-order valence-electron chi connectivity index (χ1n) is 6.78. The molecule has 2 aliphatic rings. The Bertz CT molecular complexity index is 634. The zero-order chi connectivity index (χ0) is 15.5. The van der Waals surface area contributed by atoms with E-state index in [0.29, 0.717) is 11.5 Å². The van der Waals surface area contributed by atoms with E-state index in [-0.39, 0.29) is 6.79 Å². The van der Waals surface area contributed by atoms with Crippen LogP contribution in [0.25, 0.3) is 6.08 Å². The number of hydrogen-bond acceptors (Lipinski definition) is 6. The van der Waals surface area contributed by atoms with Crippen LogP contribution in [0.4, 0.5) is 0 Å². The summed E-state index contributed by atoms with van der Waals surface area (Å²) in [5.41, 5.74) is 0.906. The summed E-state index contributed by atoms with van der Waals surface area (Å²) in [4.78, 5) is 11.6. The van der Waals surface area contributed by atoms with E-state index in [1.165, 1.54) is 20.3 Å². The number of ether oxygens (including phenoxy) is 5. The number of carbonyl (C=O) groups excluding carboxylic acids is 1. The molecule has 0 saturated carbocycles. The molecule has 0 bridgehead atoms. The fourth-order valence-electron chi connectivity index (χ4n) is 2.38. The Labute approximate surface area is 127 Å². The third-order valence-corrected chi connectivity index (χ3v) is 3.46. The molecule has 0 amide bonds. The number of cyclic esters (lactones) is 1. The minimum Gasteiger partial charge on any atom is -0.498 e. The highest BCUT2D eigenvalue weighted by molar-refractivity contribution is 5.84. The van der Waals surface area contributed by atoms with Gasteiger partial charge in [0.15, 0.2) is 23.7 Å². The van der Waals surface area contributed by atoms with Crippen molar-refractivity contribution >= 4 is 12.0 Å². The van der Waals surface area contributed by atoms with E-state index in [0.717, 1.165) is 11.3 Å². The minimum absolute atomic E-state index is 0.233. The van der Waals surface area contributed by atoms with Gasteiger partial charge in [0.25, 0.3) is 0 Å². The molecule has 0 fully saturated rings. The molecule has 0 spiro atoms. The topological polar surface area (TPSA) is 63.2 Å². The average Bonchev–Trinajstić information content (AvgIpc) is 2.99. The second-order valence-electron chi connectivity index (χ2n) is 4.78. The molecular weight excluding hydrogens is 288 g/mol. The first-order chi connectivity index (χ1) is 10.7. The van der Waals surface area contributed by atoms with Gasteiger partial charge in [0.1, 0.15) is 5.76 Å². The van der Waals surface area contributed by atoms with Gasteiger partial charge in [0, 0.05) is 7.11 Å². The lowest BCUT2D eigenvalue weighted by molar-refractivity contribution is -0.150. The van der Waals surface area contributed by atoms with Crippen molar-refractivity contribution in [3.63, 3.8) is 0 Å². The van der Waals surface area contributed by atoms with Crippen LogP contribution in [0, 0.1) is 0 Å². The molecule has 2 atom stereocenters. The van der Waals surface area contributed by atoms with E-state index in [1.54, 1.807) is 6.08 Å². The Morgan fingerprint density at radius 3 is 2.82 bits per heavy atom. The standard InChI is InChI=1S/C16H16O6/c1-18-14-8-15(17)22-12(16(14)19-2)6-4-10-3-5-11-13(7-10)21-9-20-11/h3-8,12,16H,9H2,1-2H3. The largest absolute Gasteiger partial charge is 0.498 e. The van der Waals surface area contributed by atoms with Crippen LogP contribution in [0.1, 0.15) is 5.56 Å². The fourth-order valence-corrected chi connectivity index (χ4v) is 2.38. The van der Waals surface area contributed by atoms with Gasteiger partial charge < -0.3 is 23.7 Å². The molecule has 1 aromatic carbocycles.